The van der Waals surface area contributed by atoms with Gasteiger partial charge in [-0.15, -0.1) is 0 Å². The first-order valence-electron chi connectivity index (χ1n) is 6.65. The Morgan fingerprint density at radius 3 is 1.72 bits per heavy atom. The molecule has 0 aliphatic rings. The minimum Gasteiger partial charge on any atom is -0.374 e. The van der Waals surface area contributed by atoms with Crippen LogP contribution in [0.15, 0.2) is 0 Å². The minimum atomic E-state index is -2.56. The SMILES string of the molecule is CCO[Si](CCCC(N)(N)CN)(OCC)OCC. The van der Waals surface area contributed by atoms with Crippen LogP contribution in [0.4, 0.5) is 0 Å². The lowest BCUT2D eigenvalue weighted by molar-refractivity contribution is 0.0703. The molecule has 0 aromatic carbocycles. The molecule has 6 nitrogen and oxygen atoms in total. The summed E-state index contributed by atoms with van der Waals surface area (Å²) in [5.74, 6) is 0. The highest BCUT2D eigenvalue weighted by atomic mass is 28.4. The second kappa shape index (κ2) is 8.97. The van der Waals surface area contributed by atoms with Crippen LogP contribution >= 0.6 is 0 Å². The van der Waals surface area contributed by atoms with E-state index in [1.165, 1.54) is 0 Å². The Hall–Kier alpha value is -0.0231. The molecule has 7 heteroatoms. The van der Waals surface area contributed by atoms with Crippen molar-refractivity contribution >= 4 is 8.80 Å². The molecule has 0 amide bonds. The lowest BCUT2D eigenvalue weighted by atomic mass is 10.1. The van der Waals surface area contributed by atoms with Gasteiger partial charge >= 0.3 is 8.80 Å². The predicted octanol–water partition coefficient (Wildman–Crippen LogP) is 0.387. The molecule has 0 aliphatic carbocycles. The number of rotatable bonds is 11. The summed E-state index contributed by atoms with van der Waals surface area (Å²) in [5.41, 5.74) is 16.3. The van der Waals surface area contributed by atoms with E-state index in [2.05, 4.69) is 0 Å². The fourth-order valence-electron chi connectivity index (χ4n) is 1.74. The number of hydrogen-bond acceptors (Lipinski definition) is 6. The van der Waals surface area contributed by atoms with Crippen LogP contribution in [-0.2, 0) is 13.3 Å². The van der Waals surface area contributed by atoms with Gasteiger partial charge in [0.05, 0.1) is 5.66 Å². The summed E-state index contributed by atoms with van der Waals surface area (Å²) in [5, 5.41) is 0. The first kappa shape index (κ1) is 18.0. The number of nitrogens with two attached hydrogens (primary N) is 3. The van der Waals surface area contributed by atoms with Crippen molar-refractivity contribution in [2.45, 2.75) is 45.3 Å². The third-order valence-corrected chi connectivity index (χ3v) is 5.75. The highest BCUT2D eigenvalue weighted by Gasteiger charge is 2.40. The molecule has 0 saturated carbocycles. The third-order valence-electron chi connectivity index (χ3n) is 2.60. The molecule has 0 unspecified atom stereocenters. The first-order valence-corrected chi connectivity index (χ1v) is 8.58. The second-order valence-corrected chi connectivity index (χ2v) is 7.00. The molecule has 0 aliphatic heterocycles. The molecule has 0 saturated heterocycles. The van der Waals surface area contributed by atoms with E-state index in [1.807, 2.05) is 20.8 Å². The van der Waals surface area contributed by atoms with E-state index in [0.29, 0.717) is 26.2 Å². The van der Waals surface area contributed by atoms with Gasteiger partial charge in [-0.25, -0.2) is 0 Å². The zero-order valence-corrected chi connectivity index (χ0v) is 12.9. The quantitative estimate of drug-likeness (QED) is 0.373. The number of hydrogen-bond donors (Lipinski definition) is 3. The molecule has 0 radical (unpaired) electrons. The van der Waals surface area contributed by atoms with Gasteiger partial charge in [-0.05, 0) is 33.6 Å². The van der Waals surface area contributed by atoms with E-state index >= 15 is 0 Å². The van der Waals surface area contributed by atoms with Crippen molar-refractivity contribution < 1.29 is 13.3 Å². The molecule has 0 atom stereocenters. The average molecular weight is 279 g/mol. The monoisotopic (exact) mass is 279 g/mol. The van der Waals surface area contributed by atoms with Crippen LogP contribution < -0.4 is 17.2 Å². The van der Waals surface area contributed by atoms with Crippen LogP contribution in [-0.4, -0.2) is 40.8 Å². The Morgan fingerprint density at radius 2 is 1.39 bits per heavy atom. The molecular weight excluding hydrogens is 250 g/mol. The van der Waals surface area contributed by atoms with Gasteiger partial charge in [-0.2, -0.15) is 0 Å². The molecule has 0 aromatic rings. The highest BCUT2D eigenvalue weighted by molar-refractivity contribution is 6.60. The Labute approximate surface area is 111 Å². The topological polar surface area (TPSA) is 106 Å². The van der Waals surface area contributed by atoms with Gasteiger partial charge < -0.3 is 30.5 Å². The van der Waals surface area contributed by atoms with Crippen LogP contribution in [0.5, 0.6) is 0 Å². The van der Waals surface area contributed by atoms with Crippen molar-refractivity contribution in [2.24, 2.45) is 17.2 Å². The average Bonchev–Trinajstić information content (AvgIpc) is 2.30. The fourth-order valence-corrected chi connectivity index (χ4v) is 4.35. The zero-order valence-electron chi connectivity index (χ0n) is 11.9. The molecule has 18 heavy (non-hydrogen) atoms. The van der Waals surface area contributed by atoms with E-state index in [4.69, 9.17) is 30.5 Å². The Balaban J connectivity index is 4.38. The van der Waals surface area contributed by atoms with Crippen molar-refractivity contribution in [2.75, 3.05) is 26.4 Å². The van der Waals surface area contributed by atoms with Gasteiger partial charge in [-0.1, -0.05) is 0 Å². The summed E-state index contributed by atoms with van der Waals surface area (Å²) >= 11 is 0. The van der Waals surface area contributed by atoms with Crippen LogP contribution in [0.3, 0.4) is 0 Å². The van der Waals surface area contributed by atoms with Crippen LogP contribution in [0.2, 0.25) is 6.04 Å². The van der Waals surface area contributed by atoms with E-state index in [9.17, 15) is 0 Å². The van der Waals surface area contributed by atoms with Crippen LogP contribution in [0.25, 0.3) is 0 Å². The first-order chi connectivity index (χ1) is 8.45. The van der Waals surface area contributed by atoms with Crippen molar-refractivity contribution in [3.8, 4) is 0 Å². The molecule has 0 spiro atoms. The lowest BCUT2D eigenvalue weighted by Crippen LogP contribution is -2.55. The van der Waals surface area contributed by atoms with Crippen molar-refractivity contribution in [3.63, 3.8) is 0 Å². The Bertz CT molecular complexity index is 201. The fraction of sp³-hybridized carbons (Fsp3) is 1.00. The van der Waals surface area contributed by atoms with Gasteiger partial charge in [0.25, 0.3) is 0 Å². The van der Waals surface area contributed by atoms with Crippen molar-refractivity contribution in [1.29, 1.82) is 0 Å². The summed E-state index contributed by atoms with van der Waals surface area (Å²) < 4.78 is 17.2. The minimum absolute atomic E-state index is 0.263. The van der Waals surface area contributed by atoms with E-state index in [1.54, 1.807) is 0 Å². The molecule has 0 bridgehead atoms. The summed E-state index contributed by atoms with van der Waals surface area (Å²) in [6.07, 6.45) is 1.42. The predicted molar refractivity (Wildman–Crippen MR) is 74.8 cm³/mol. The molecule has 0 fully saturated rings. The van der Waals surface area contributed by atoms with Crippen LogP contribution in [0.1, 0.15) is 33.6 Å². The van der Waals surface area contributed by atoms with Gasteiger partial charge in [-0.3, -0.25) is 0 Å². The van der Waals surface area contributed by atoms with Crippen LogP contribution in [0, 0.1) is 0 Å². The third kappa shape index (κ3) is 6.79. The zero-order chi connectivity index (χ0) is 14.1. The van der Waals surface area contributed by atoms with Gasteiger partial charge in [0, 0.05) is 32.4 Å². The smallest absolute Gasteiger partial charge is 0.374 e. The van der Waals surface area contributed by atoms with E-state index in [-0.39, 0.29) is 6.54 Å². The molecule has 0 aromatic heterocycles. The van der Waals surface area contributed by atoms with Gasteiger partial charge in [0.15, 0.2) is 0 Å². The van der Waals surface area contributed by atoms with E-state index in [0.717, 1.165) is 12.5 Å². The van der Waals surface area contributed by atoms with Crippen molar-refractivity contribution in [1.82, 2.24) is 0 Å². The lowest BCUT2D eigenvalue weighted by Gasteiger charge is -2.30. The Morgan fingerprint density at radius 1 is 0.944 bits per heavy atom. The summed E-state index contributed by atoms with van der Waals surface area (Å²) in [6, 6.07) is 0.721. The molecule has 0 rings (SSSR count). The van der Waals surface area contributed by atoms with Gasteiger partial charge in [0.2, 0.25) is 0 Å². The van der Waals surface area contributed by atoms with E-state index < -0.39 is 14.5 Å². The summed E-state index contributed by atoms with van der Waals surface area (Å²) in [4.78, 5) is 0. The maximum absolute atomic E-state index is 5.81. The molecular formula is C11H29N3O3Si. The Kier molecular flexibility index (Phi) is 8.96. The highest BCUT2D eigenvalue weighted by Crippen LogP contribution is 2.20. The molecule has 110 valence electrons. The normalized spacial score (nSPS) is 13.0. The van der Waals surface area contributed by atoms with Crippen molar-refractivity contribution in [3.05, 3.63) is 0 Å². The summed E-state index contributed by atoms with van der Waals surface area (Å²) in [7, 11) is -2.56. The molecule has 6 N–H and O–H groups in total. The maximum atomic E-state index is 5.81. The standard InChI is InChI=1S/C11H29N3O3Si/c1-4-15-18(16-5-2,17-6-3)9-7-8-11(13,14)10-12/h4-10,12-14H2,1-3H3. The van der Waals surface area contributed by atoms with Gasteiger partial charge in [0.1, 0.15) is 0 Å². The maximum Gasteiger partial charge on any atom is 0.500 e. The largest absolute Gasteiger partial charge is 0.500 e. The molecule has 0 heterocycles. The summed E-state index contributed by atoms with van der Waals surface area (Å²) in [6.45, 7) is 7.83. The second-order valence-electron chi connectivity index (χ2n) is 4.27.